The molecule has 1 rings (SSSR count). The zero-order valence-corrected chi connectivity index (χ0v) is 11.0. The molecule has 0 N–H and O–H groups in total. The Morgan fingerprint density at radius 1 is 1.53 bits per heavy atom. The number of hydrogen-bond donors (Lipinski definition) is 0. The molecule has 0 fully saturated rings. The van der Waals surface area contributed by atoms with E-state index < -0.39 is 10.7 Å². The van der Waals surface area contributed by atoms with Gasteiger partial charge >= 0.3 is 0 Å². The van der Waals surface area contributed by atoms with Crippen LogP contribution in [0, 0.1) is 33.2 Å². The third-order valence-corrected chi connectivity index (χ3v) is 2.55. The van der Waals surface area contributed by atoms with Gasteiger partial charge in [-0.25, -0.2) is 4.39 Å². The minimum Gasteiger partial charge on any atom is -0.365 e. The van der Waals surface area contributed by atoms with Gasteiger partial charge in [0.15, 0.2) is 0 Å². The van der Waals surface area contributed by atoms with Crippen molar-refractivity contribution < 1.29 is 9.31 Å². The molecule has 102 valence electrons. The number of hydrogen-bond acceptors (Lipinski definition) is 4. The number of halogens is 1. The minimum absolute atomic E-state index is 0.265. The summed E-state index contributed by atoms with van der Waals surface area (Å²) in [6.45, 7) is 4.93. The molecule has 0 unspecified atom stereocenters. The van der Waals surface area contributed by atoms with E-state index in [9.17, 15) is 14.5 Å². The summed E-state index contributed by atoms with van der Waals surface area (Å²) in [6.07, 6.45) is 0.265. The van der Waals surface area contributed by atoms with Crippen molar-refractivity contribution in [1.82, 2.24) is 0 Å². The Labute approximate surface area is 111 Å². The highest BCUT2D eigenvalue weighted by molar-refractivity contribution is 5.63. The van der Waals surface area contributed by atoms with Gasteiger partial charge in [-0.05, 0) is 18.1 Å². The molecule has 6 heteroatoms. The summed E-state index contributed by atoms with van der Waals surface area (Å²) in [5.41, 5.74) is 0.0916. The van der Waals surface area contributed by atoms with E-state index in [0.717, 1.165) is 6.07 Å². The molecule has 0 aliphatic heterocycles. The van der Waals surface area contributed by atoms with Crippen LogP contribution < -0.4 is 4.90 Å². The number of rotatable bonds is 6. The molecule has 0 saturated heterocycles. The van der Waals surface area contributed by atoms with Crippen LogP contribution in [-0.2, 0) is 0 Å². The molecule has 1 aromatic carbocycles. The first-order valence-electron chi connectivity index (χ1n) is 6.01. The van der Waals surface area contributed by atoms with Gasteiger partial charge in [0.1, 0.15) is 11.5 Å². The van der Waals surface area contributed by atoms with Crippen LogP contribution in [0.15, 0.2) is 18.2 Å². The molecule has 0 radical (unpaired) electrons. The fourth-order valence-corrected chi connectivity index (χ4v) is 1.85. The number of nitrogens with zero attached hydrogens (tertiary/aromatic N) is 3. The summed E-state index contributed by atoms with van der Waals surface area (Å²) < 4.78 is 13.1. The molecule has 0 amide bonds. The second kappa shape index (κ2) is 6.69. The topological polar surface area (TPSA) is 70.2 Å². The molecule has 0 aliphatic rings. The second-order valence-electron chi connectivity index (χ2n) is 4.64. The van der Waals surface area contributed by atoms with Crippen LogP contribution in [0.4, 0.5) is 15.8 Å². The highest BCUT2D eigenvalue weighted by Gasteiger charge is 2.20. The smallest absolute Gasteiger partial charge is 0.295 e. The molecule has 5 nitrogen and oxygen atoms in total. The van der Waals surface area contributed by atoms with E-state index in [1.807, 2.05) is 19.9 Å². The van der Waals surface area contributed by atoms with Crippen molar-refractivity contribution >= 4 is 11.4 Å². The van der Waals surface area contributed by atoms with Gasteiger partial charge in [0.25, 0.3) is 5.69 Å². The lowest BCUT2D eigenvalue weighted by atomic mass is 10.1. The lowest BCUT2D eigenvalue weighted by Gasteiger charge is -2.25. The first-order valence-corrected chi connectivity index (χ1v) is 6.01. The van der Waals surface area contributed by atoms with E-state index in [1.54, 1.807) is 4.90 Å². The summed E-state index contributed by atoms with van der Waals surface area (Å²) >= 11 is 0. The maximum Gasteiger partial charge on any atom is 0.295 e. The number of benzene rings is 1. The third kappa shape index (κ3) is 4.21. The van der Waals surface area contributed by atoms with Crippen molar-refractivity contribution in [2.75, 3.05) is 18.0 Å². The first-order chi connectivity index (χ1) is 8.95. The van der Waals surface area contributed by atoms with Crippen LogP contribution in [0.5, 0.6) is 0 Å². The van der Waals surface area contributed by atoms with Crippen LogP contribution in [0.25, 0.3) is 0 Å². The molecular formula is C13H16FN3O2. The Kier molecular flexibility index (Phi) is 5.24. The lowest BCUT2D eigenvalue weighted by Crippen LogP contribution is -2.29. The van der Waals surface area contributed by atoms with Crippen molar-refractivity contribution in [1.29, 1.82) is 5.26 Å². The fourth-order valence-electron chi connectivity index (χ4n) is 1.85. The Bertz CT molecular complexity index is 497. The summed E-state index contributed by atoms with van der Waals surface area (Å²) in [4.78, 5) is 12.1. The summed E-state index contributed by atoms with van der Waals surface area (Å²) in [6, 6.07) is 5.52. The number of anilines is 1. The maximum atomic E-state index is 13.1. The fraction of sp³-hybridized carbons (Fsp3) is 0.462. The van der Waals surface area contributed by atoms with Gasteiger partial charge in [-0.2, -0.15) is 5.26 Å². The number of nitro groups is 1. The molecule has 0 aromatic heterocycles. The number of nitro benzene ring substituents is 1. The van der Waals surface area contributed by atoms with E-state index in [4.69, 9.17) is 5.26 Å². The third-order valence-electron chi connectivity index (χ3n) is 2.55. The van der Waals surface area contributed by atoms with Crippen LogP contribution >= 0.6 is 0 Å². The molecule has 19 heavy (non-hydrogen) atoms. The normalized spacial score (nSPS) is 10.3. The Morgan fingerprint density at radius 3 is 2.74 bits per heavy atom. The van der Waals surface area contributed by atoms with Crippen molar-refractivity contribution in [3.8, 4) is 6.07 Å². The van der Waals surface area contributed by atoms with E-state index >= 15 is 0 Å². The summed E-state index contributed by atoms with van der Waals surface area (Å²) in [7, 11) is 0. The van der Waals surface area contributed by atoms with E-state index in [2.05, 4.69) is 0 Å². The lowest BCUT2D eigenvalue weighted by molar-refractivity contribution is -0.384. The second-order valence-corrected chi connectivity index (χ2v) is 4.64. The van der Waals surface area contributed by atoms with Gasteiger partial charge in [-0.3, -0.25) is 10.1 Å². The predicted octanol–water partition coefficient (Wildman–Crippen LogP) is 3.11. The SMILES string of the molecule is CC(C)CN(CCC#N)c1ccc(F)cc1[N+](=O)[O-]. The van der Waals surface area contributed by atoms with Gasteiger partial charge in [-0.1, -0.05) is 13.8 Å². The maximum absolute atomic E-state index is 13.1. The highest BCUT2D eigenvalue weighted by atomic mass is 19.1. The van der Waals surface area contributed by atoms with Crippen LogP contribution in [-0.4, -0.2) is 18.0 Å². The standard InChI is InChI=1S/C13H16FN3O2/c1-10(2)9-16(7-3-6-15)12-5-4-11(14)8-13(12)17(18)19/h4-5,8,10H,3,7,9H2,1-2H3. The van der Waals surface area contributed by atoms with Gasteiger partial charge in [0, 0.05) is 13.1 Å². The summed E-state index contributed by atoms with van der Waals surface area (Å²) in [5.74, 6) is -0.358. The molecule has 1 aromatic rings. The molecule has 0 atom stereocenters. The van der Waals surface area contributed by atoms with E-state index in [-0.39, 0.29) is 18.0 Å². The molecule has 0 spiro atoms. The quantitative estimate of drug-likeness (QED) is 0.585. The average Bonchev–Trinajstić information content (AvgIpc) is 2.34. The Hall–Kier alpha value is -2.16. The molecule has 0 heterocycles. The van der Waals surface area contributed by atoms with Gasteiger partial charge in [-0.15, -0.1) is 0 Å². The van der Waals surface area contributed by atoms with Crippen LogP contribution in [0.1, 0.15) is 20.3 Å². The minimum atomic E-state index is -0.639. The van der Waals surface area contributed by atoms with Crippen molar-refractivity contribution in [3.05, 3.63) is 34.1 Å². The predicted molar refractivity (Wildman–Crippen MR) is 70.3 cm³/mol. The largest absolute Gasteiger partial charge is 0.365 e. The van der Waals surface area contributed by atoms with Gasteiger partial charge in [0.05, 0.1) is 23.5 Å². The van der Waals surface area contributed by atoms with Gasteiger partial charge in [0.2, 0.25) is 0 Å². The van der Waals surface area contributed by atoms with E-state index in [0.29, 0.717) is 18.8 Å². The highest BCUT2D eigenvalue weighted by Crippen LogP contribution is 2.29. The monoisotopic (exact) mass is 265 g/mol. The van der Waals surface area contributed by atoms with Crippen molar-refractivity contribution in [2.45, 2.75) is 20.3 Å². The molecule has 0 saturated carbocycles. The first kappa shape index (κ1) is 14.9. The molecule has 0 bridgehead atoms. The van der Waals surface area contributed by atoms with Gasteiger partial charge < -0.3 is 4.90 Å². The van der Waals surface area contributed by atoms with Crippen molar-refractivity contribution in [3.63, 3.8) is 0 Å². The van der Waals surface area contributed by atoms with Crippen LogP contribution in [0.3, 0.4) is 0 Å². The summed E-state index contributed by atoms with van der Waals surface area (Å²) in [5, 5.41) is 19.6. The number of nitriles is 1. The zero-order chi connectivity index (χ0) is 14.4. The van der Waals surface area contributed by atoms with E-state index in [1.165, 1.54) is 12.1 Å². The molecule has 0 aliphatic carbocycles. The average molecular weight is 265 g/mol. The Morgan fingerprint density at radius 2 is 2.21 bits per heavy atom. The molecular weight excluding hydrogens is 249 g/mol. The van der Waals surface area contributed by atoms with Crippen molar-refractivity contribution in [2.24, 2.45) is 5.92 Å². The Balaban J connectivity index is 3.13. The zero-order valence-electron chi connectivity index (χ0n) is 11.0. The van der Waals surface area contributed by atoms with Crippen LogP contribution in [0.2, 0.25) is 0 Å².